The number of pyridine rings is 1. The number of ether oxygens (including phenoxy) is 1. The van der Waals surface area contributed by atoms with Crippen LogP contribution < -0.4 is 15.5 Å². The number of anilines is 3. The Morgan fingerprint density at radius 3 is 2.58 bits per heavy atom. The van der Waals surface area contributed by atoms with Crippen LogP contribution >= 0.6 is 0 Å². The van der Waals surface area contributed by atoms with Crippen LogP contribution in [0.15, 0.2) is 60.9 Å². The summed E-state index contributed by atoms with van der Waals surface area (Å²) in [5.74, 6) is -1.08. The number of carbonyl (C=O) groups is 2. The third-order valence-corrected chi connectivity index (χ3v) is 6.33. The molecule has 5 rings (SSSR count). The van der Waals surface area contributed by atoms with Gasteiger partial charge in [-0.2, -0.15) is 13.2 Å². The standard InChI is InChI=1S/C27H24F3N5O3/c1-16-5-6-19(33-25(36)17-3-2-4-18(13-17)27(28,29)30)14-22(16)34-26(37)21-15-32-24-20(7-8-31-24)23(21)35-9-11-38-12-10-35/h2-8,13-15H,9-12H2,1H3,(H,31,32)(H,33,36)(H,34,37). The number of hydrogen-bond acceptors (Lipinski definition) is 5. The van der Waals surface area contributed by atoms with Gasteiger partial charge in [-0.05, 0) is 48.9 Å². The molecule has 1 aliphatic rings. The highest BCUT2D eigenvalue weighted by Gasteiger charge is 2.31. The van der Waals surface area contributed by atoms with Crippen molar-refractivity contribution in [3.8, 4) is 0 Å². The summed E-state index contributed by atoms with van der Waals surface area (Å²) in [6.45, 7) is 4.13. The van der Waals surface area contributed by atoms with E-state index in [1.165, 1.54) is 18.3 Å². The molecule has 2 aromatic heterocycles. The molecule has 196 valence electrons. The summed E-state index contributed by atoms with van der Waals surface area (Å²) in [6, 6.07) is 10.9. The molecule has 4 aromatic rings. The van der Waals surface area contributed by atoms with E-state index in [2.05, 4.69) is 25.5 Å². The predicted octanol–water partition coefficient (Wildman–Crippen LogP) is 5.23. The molecule has 0 unspecified atom stereocenters. The van der Waals surface area contributed by atoms with E-state index in [1.807, 2.05) is 6.07 Å². The number of aromatic amines is 1. The second-order valence-corrected chi connectivity index (χ2v) is 8.88. The first-order valence-corrected chi connectivity index (χ1v) is 11.9. The summed E-state index contributed by atoms with van der Waals surface area (Å²) in [6.07, 6.45) is -1.27. The van der Waals surface area contributed by atoms with Gasteiger partial charge in [-0.15, -0.1) is 0 Å². The molecule has 2 aromatic carbocycles. The van der Waals surface area contributed by atoms with Gasteiger partial charge >= 0.3 is 6.18 Å². The van der Waals surface area contributed by atoms with E-state index in [0.717, 1.165) is 28.8 Å². The van der Waals surface area contributed by atoms with Crippen molar-refractivity contribution in [2.45, 2.75) is 13.1 Å². The topological polar surface area (TPSA) is 99.3 Å². The number of amides is 2. The molecule has 3 N–H and O–H groups in total. The van der Waals surface area contributed by atoms with E-state index >= 15 is 0 Å². The van der Waals surface area contributed by atoms with Crippen LogP contribution in [0.3, 0.4) is 0 Å². The quantitative estimate of drug-likeness (QED) is 0.333. The summed E-state index contributed by atoms with van der Waals surface area (Å²) in [5, 5.41) is 6.32. The van der Waals surface area contributed by atoms with E-state index in [4.69, 9.17) is 4.74 Å². The maximum absolute atomic E-state index is 13.5. The van der Waals surface area contributed by atoms with Crippen LogP contribution in [0.1, 0.15) is 31.8 Å². The molecule has 11 heteroatoms. The van der Waals surface area contributed by atoms with E-state index in [9.17, 15) is 22.8 Å². The Morgan fingerprint density at radius 2 is 1.82 bits per heavy atom. The van der Waals surface area contributed by atoms with Crippen molar-refractivity contribution in [3.05, 3.63) is 83.2 Å². The van der Waals surface area contributed by atoms with Crippen molar-refractivity contribution in [1.82, 2.24) is 9.97 Å². The Labute approximate surface area is 215 Å². The zero-order valence-corrected chi connectivity index (χ0v) is 20.4. The maximum atomic E-state index is 13.5. The summed E-state index contributed by atoms with van der Waals surface area (Å²) < 4.78 is 44.6. The first-order valence-electron chi connectivity index (χ1n) is 11.9. The van der Waals surface area contributed by atoms with Gasteiger partial charge in [0.1, 0.15) is 5.65 Å². The SMILES string of the molecule is Cc1ccc(NC(=O)c2cccc(C(F)(F)F)c2)cc1NC(=O)c1cnc2[nH]ccc2c1N1CCOCC1. The number of halogens is 3. The number of aromatic nitrogens is 2. The van der Waals surface area contributed by atoms with Crippen molar-refractivity contribution in [1.29, 1.82) is 0 Å². The van der Waals surface area contributed by atoms with E-state index < -0.39 is 17.6 Å². The maximum Gasteiger partial charge on any atom is 0.416 e. The molecule has 0 aliphatic carbocycles. The Balaban J connectivity index is 1.39. The van der Waals surface area contributed by atoms with Gasteiger partial charge in [0.25, 0.3) is 11.8 Å². The number of hydrogen-bond donors (Lipinski definition) is 3. The van der Waals surface area contributed by atoms with Gasteiger partial charge < -0.3 is 25.3 Å². The average molecular weight is 524 g/mol. The van der Waals surface area contributed by atoms with Crippen LogP contribution in [0.25, 0.3) is 11.0 Å². The lowest BCUT2D eigenvalue weighted by molar-refractivity contribution is -0.137. The molecule has 8 nitrogen and oxygen atoms in total. The predicted molar refractivity (Wildman–Crippen MR) is 138 cm³/mol. The fraction of sp³-hybridized carbons (Fsp3) is 0.222. The minimum Gasteiger partial charge on any atom is -0.378 e. The second-order valence-electron chi connectivity index (χ2n) is 8.88. The zero-order chi connectivity index (χ0) is 26.9. The van der Waals surface area contributed by atoms with Gasteiger partial charge in [-0.25, -0.2) is 4.98 Å². The lowest BCUT2D eigenvalue weighted by Crippen LogP contribution is -2.37. The zero-order valence-electron chi connectivity index (χ0n) is 20.4. The molecular formula is C27H24F3N5O3. The van der Waals surface area contributed by atoms with Crippen molar-refractivity contribution in [3.63, 3.8) is 0 Å². The number of nitrogens with one attached hydrogen (secondary N) is 3. The summed E-state index contributed by atoms with van der Waals surface area (Å²) in [5.41, 5.74) is 2.26. The number of rotatable bonds is 5. The molecule has 2 amide bonds. The molecule has 1 fully saturated rings. The van der Waals surface area contributed by atoms with Gasteiger partial charge in [0.2, 0.25) is 0 Å². The van der Waals surface area contributed by atoms with E-state index in [-0.39, 0.29) is 11.5 Å². The van der Waals surface area contributed by atoms with Gasteiger partial charge in [-0.1, -0.05) is 12.1 Å². The van der Waals surface area contributed by atoms with Crippen molar-refractivity contribution in [2.24, 2.45) is 0 Å². The number of nitrogens with zero attached hydrogens (tertiary/aromatic N) is 2. The number of fused-ring (bicyclic) bond motifs is 1. The van der Waals surface area contributed by atoms with Crippen molar-refractivity contribution >= 4 is 39.9 Å². The second kappa shape index (κ2) is 10.2. The van der Waals surface area contributed by atoms with E-state index in [0.29, 0.717) is 48.9 Å². The number of benzene rings is 2. The van der Waals surface area contributed by atoms with Gasteiger partial charge in [0.15, 0.2) is 0 Å². The van der Waals surface area contributed by atoms with Crippen LogP contribution in [0.2, 0.25) is 0 Å². The monoisotopic (exact) mass is 523 g/mol. The van der Waals surface area contributed by atoms with Crippen LogP contribution in [0.5, 0.6) is 0 Å². The fourth-order valence-electron chi connectivity index (χ4n) is 4.35. The molecule has 3 heterocycles. The molecule has 1 aliphatic heterocycles. The Kier molecular flexibility index (Phi) is 6.77. The highest BCUT2D eigenvalue weighted by Crippen LogP contribution is 2.32. The van der Waals surface area contributed by atoms with Crippen LogP contribution in [0.4, 0.5) is 30.2 Å². The molecule has 0 spiro atoms. The van der Waals surface area contributed by atoms with E-state index in [1.54, 1.807) is 31.3 Å². The molecule has 0 atom stereocenters. The van der Waals surface area contributed by atoms with Gasteiger partial charge in [0, 0.05) is 47.8 Å². The molecule has 0 radical (unpaired) electrons. The van der Waals surface area contributed by atoms with Crippen molar-refractivity contribution in [2.75, 3.05) is 41.8 Å². The van der Waals surface area contributed by atoms with Crippen LogP contribution in [0, 0.1) is 6.92 Å². The molecular weight excluding hydrogens is 499 g/mol. The van der Waals surface area contributed by atoms with Crippen LogP contribution in [-0.4, -0.2) is 48.1 Å². The van der Waals surface area contributed by atoms with Gasteiger partial charge in [0.05, 0.1) is 30.0 Å². The Bertz CT molecular complexity index is 1510. The molecule has 0 saturated carbocycles. The molecule has 0 bridgehead atoms. The normalized spacial score (nSPS) is 13.9. The highest BCUT2D eigenvalue weighted by molar-refractivity contribution is 6.13. The van der Waals surface area contributed by atoms with Crippen LogP contribution in [-0.2, 0) is 10.9 Å². The van der Waals surface area contributed by atoms with Gasteiger partial charge in [-0.3, -0.25) is 9.59 Å². The molecule has 1 saturated heterocycles. The number of H-pyrrole nitrogens is 1. The summed E-state index contributed by atoms with van der Waals surface area (Å²) in [4.78, 5) is 35.7. The third-order valence-electron chi connectivity index (χ3n) is 6.33. The highest BCUT2D eigenvalue weighted by atomic mass is 19.4. The van der Waals surface area contributed by atoms with Crippen molar-refractivity contribution < 1.29 is 27.5 Å². The lowest BCUT2D eigenvalue weighted by Gasteiger charge is -2.30. The Morgan fingerprint density at radius 1 is 1.03 bits per heavy atom. The largest absolute Gasteiger partial charge is 0.416 e. The summed E-state index contributed by atoms with van der Waals surface area (Å²) >= 11 is 0. The fourth-order valence-corrected chi connectivity index (χ4v) is 4.35. The minimum atomic E-state index is -4.56. The first-order chi connectivity index (χ1) is 18.2. The summed E-state index contributed by atoms with van der Waals surface area (Å²) in [7, 11) is 0. The number of carbonyl (C=O) groups excluding carboxylic acids is 2. The number of morpholine rings is 1. The average Bonchev–Trinajstić information content (AvgIpc) is 3.39. The Hall–Kier alpha value is -4.38. The number of alkyl halides is 3. The molecule has 38 heavy (non-hydrogen) atoms. The lowest BCUT2D eigenvalue weighted by atomic mass is 10.1. The third kappa shape index (κ3) is 5.18. The first kappa shape index (κ1) is 25.3. The number of aryl methyl sites for hydroxylation is 1. The smallest absolute Gasteiger partial charge is 0.378 e. The minimum absolute atomic E-state index is 0.132.